The molecule has 3 aromatic rings. The predicted octanol–water partition coefficient (Wildman–Crippen LogP) is 1.52. The first-order chi connectivity index (χ1) is 11.2. The van der Waals surface area contributed by atoms with E-state index in [1.54, 1.807) is 13.4 Å². The van der Waals surface area contributed by atoms with Crippen LogP contribution in [0.3, 0.4) is 0 Å². The number of aliphatic hydroxyl groups excluding tert-OH is 1. The molecule has 8 heteroatoms. The molecule has 2 heterocycles. The lowest BCUT2D eigenvalue weighted by molar-refractivity contribution is 0.311. The molecule has 0 spiro atoms. The fraction of sp³-hybridized carbons (Fsp3) is 0.267. The maximum atomic E-state index is 8.95. The summed E-state index contributed by atoms with van der Waals surface area (Å²) in [6.45, 7) is 0.388. The largest absolute Gasteiger partial charge is 0.497 e. The predicted molar refractivity (Wildman–Crippen MR) is 88.2 cm³/mol. The summed E-state index contributed by atoms with van der Waals surface area (Å²) in [5.74, 6) is 1.82. The van der Waals surface area contributed by atoms with Crippen molar-refractivity contribution in [3.05, 3.63) is 30.6 Å². The smallest absolute Gasteiger partial charge is 0.226 e. The van der Waals surface area contributed by atoms with Crippen molar-refractivity contribution < 1.29 is 9.84 Å². The molecule has 8 nitrogen and oxygen atoms in total. The molecule has 23 heavy (non-hydrogen) atoms. The van der Waals surface area contributed by atoms with Gasteiger partial charge in [0, 0.05) is 19.3 Å². The van der Waals surface area contributed by atoms with Crippen LogP contribution in [-0.2, 0) is 7.05 Å². The van der Waals surface area contributed by atoms with Crippen molar-refractivity contribution >= 4 is 28.6 Å². The molecule has 0 aliphatic rings. The van der Waals surface area contributed by atoms with Gasteiger partial charge in [0.05, 0.1) is 20.0 Å². The fourth-order valence-electron chi connectivity index (χ4n) is 2.15. The molecule has 0 radical (unpaired) electrons. The molecule has 120 valence electrons. The Morgan fingerprint density at radius 2 is 2.00 bits per heavy atom. The van der Waals surface area contributed by atoms with E-state index in [-0.39, 0.29) is 6.61 Å². The summed E-state index contributed by atoms with van der Waals surface area (Å²) in [4.78, 5) is 13.2. The first kappa shape index (κ1) is 15.0. The van der Waals surface area contributed by atoms with Crippen molar-refractivity contribution in [2.45, 2.75) is 0 Å². The molecule has 0 saturated heterocycles. The number of aryl methyl sites for hydroxylation is 1. The molecule has 3 rings (SSSR count). The minimum atomic E-state index is 0.00796. The molecular formula is C15H18N6O2. The molecule has 0 atom stereocenters. The third kappa shape index (κ3) is 3.16. The van der Waals surface area contributed by atoms with Gasteiger partial charge in [-0.1, -0.05) is 0 Å². The average molecular weight is 314 g/mol. The van der Waals surface area contributed by atoms with Crippen molar-refractivity contribution in [3.63, 3.8) is 0 Å². The topological polar surface area (TPSA) is 97.1 Å². The highest BCUT2D eigenvalue weighted by atomic mass is 16.5. The lowest BCUT2D eigenvalue weighted by Gasteiger charge is -2.10. The first-order valence-electron chi connectivity index (χ1n) is 7.16. The number of hydrogen-bond acceptors (Lipinski definition) is 7. The maximum absolute atomic E-state index is 8.95. The molecule has 0 unspecified atom stereocenters. The summed E-state index contributed by atoms with van der Waals surface area (Å²) >= 11 is 0. The van der Waals surface area contributed by atoms with Gasteiger partial charge in [-0.25, -0.2) is 4.98 Å². The minimum absolute atomic E-state index is 0.00796. The van der Waals surface area contributed by atoms with Crippen LogP contribution in [0.4, 0.5) is 17.5 Å². The number of aromatic nitrogens is 4. The average Bonchev–Trinajstić information content (AvgIpc) is 2.95. The summed E-state index contributed by atoms with van der Waals surface area (Å²) in [5, 5.41) is 15.2. The highest BCUT2D eigenvalue weighted by Crippen LogP contribution is 2.25. The highest BCUT2D eigenvalue weighted by molar-refractivity contribution is 5.86. The Morgan fingerprint density at radius 3 is 2.70 bits per heavy atom. The van der Waals surface area contributed by atoms with Crippen LogP contribution in [0.2, 0.25) is 0 Å². The Bertz CT molecular complexity index is 800. The number of rotatable bonds is 6. The number of nitrogens with zero attached hydrogens (tertiary/aromatic N) is 4. The zero-order chi connectivity index (χ0) is 16.2. The second-order valence-electron chi connectivity index (χ2n) is 4.93. The van der Waals surface area contributed by atoms with Crippen LogP contribution in [0.25, 0.3) is 11.2 Å². The Kier molecular flexibility index (Phi) is 4.24. The minimum Gasteiger partial charge on any atom is -0.497 e. The number of benzene rings is 1. The molecular weight excluding hydrogens is 296 g/mol. The number of imidazole rings is 1. The van der Waals surface area contributed by atoms with Crippen molar-refractivity contribution in [2.24, 2.45) is 7.05 Å². The second-order valence-corrected chi connectivity index (χ2v) is 4.93. The lowest BCUT2D eigenvalue weighted by atomic mass is 10.3. The molecule has 0 saturated carbocycles. The van der Waals surface area contributed by atoms with Crippen LogP contribution in [-0.4, -0.2) is 44.9 Å². The summed E-state index contributed by atoms with van der Waals surface area (Å²) in [7, 11) is 3.50. The third-order valence-electron chi connectivity index (χ3n) is 3.31. The Balaban J connectivity index is 1.96. The summed E-state index contributed by atoms with van der Waals surface area (Å²) in [5.41, 5.74) is 2.25. The van der Waals surface area contributed by atoms with E-state index in [2.05, 4.69) is 25.6 Å². The van der Waals surface area contributed by atoms with Gasteiger partial charge in [0.1, 0.15) is 5.75 Å². The maximum Gasteiger partial charge on any atom is 0.226 e. The van der Waals surface area contributed by atoms with Crippen LogP contribution in [0.1, 0.15) is 0 Å². The number of methoxy groups -OCH3 is 1. The van der Waals surface area contributed by atoms with Gasteiger partial charge >= 0.3 is 0 Å². The molecule has 1 aromatic carbocycles. The first-order valence-corrected chi connectivity index (χ1v) is 7.16. The summed E-state index contributed by atoms with van der Waals surface area (Å²) in [6.07, 6.45) is 1.69. The van der Waals surface area contributed by atoms with E-state index in [9.17, 15) is 0 Å². The molecule has 0 amide bonds. The Labute approximate surface area is 133 Å². The molecule has 0 fully saturated rings. The number of fused-ring (bicyclic) bond motifs is 1. The Hall–Kier alpha value is -2.87. The normalized spacial score (nSPS) is 10.7. The van der Waals surface area contributed by atoms with Gasteiger partial charge in [0.2, 0.25) is 5.95 Å². The quantitative estimate of drug-likeness (QED) is 0.634. The highest BCUT2D eigenvalue weighted by Gasteiger charge is 2.12. The van der Waals surface area contributed by atoms with Crippen LogP contribution in [0, 0.1) is 0 Å². The summed E-state index contributed by atoms with van der Waals surface area (Å²) < 4.78 is 6.97. The van der Waals surface area contributed by atoms with Gasteiger partial charge in [0.25, 0.3) is 0 Å². The zero-order valence-corrected chi connectivity index (χ0v) is 12.9. The zero-order valence-electron chi connectivity index (χ0n) is 12.9. The lowest BCUT2D eigenvalue weighted by Crippen LogP contribution is -2.10. The number of hydrogen-bond donors (Lipinski definition) is 3. The van der Waals surface area contributed by atoms with Crippen molar-refractivity contribution in [2.75, 3.05) is 30.9 Å². The van der Waals surface area contributed by atoms with E-state index in [1.165, 1.54) is 0 Å². The van der Waals surface area contributed by atoms with Crippen molar-refractivity contribution in [1.82, 2.24) is 19.5 Å². The van der Waals surface area contributed by atoms with Gasteiger partial charge in [0.15, 0.2) is 17.0 Å². The van der Waals surface area contributed by atoms with Crippen LogP contribution >= 0.6 is 0 Å². The number of ether oxygens (including phenoxy) is 1. The number of aliphatic hydroxyl groups is 1. The molecule has 0 aliphatic heterocycles. The van der Waals surface area contributed by atoms with Crippen molar-refractivity contribution in [3.8, 4) is 5.75 Å². The van der Waals surface area contributed by atoms with Crippen LogP contribution in [0.5, 0.6) is 5.75 Å². The van der Waals surface area contributed by atoms with Gasteiger partial charge < -0.3 is 25.0 Å². The van der Waals surface area contributed by atoms with E-state index < -0.39 is 0 Å². The number of nitrogens with one attached hydrogen (secondary N) is 2. The van der Waals surface area contributed by atoms with E-state index in [4.69, 9.17) is 9.84 Å². The van der Waals surface area contributed by atoms with E-state index in [1.807, 2.05) is 35.9 Å². The van der Waals surface area contributed by atoms with Gasteiger partial charge in [-0.2, -0.15) is 9.97 Å². The fourth-order valence-corrected chi connectivity index (χ4v) is 2.15. The van der Waals surface area contributed by atoms with Gasteiger partial charge in [-0.3, -0.25) is 0 Å². The molecule has 2 aromatic heterocycles. The van der Waals surface area contributed by atoms with E-state index in [0.717, 1.165) is 11.4 Å². The number of anilines is 3. The molecule has 3 N–H and O–H groups in total. The van der Waals surface area contributed by atoms with Gasteiger partial charge in [-0.15, -0.1) is 0 Å². The van der Waals surface area contributed by atoms with Gasteiger partial charge in [-0.05, 0) is 24.3 Å². The standard InChI is InChI=1S/C15H18N6O2/c1-21-9-17-12-13(18-10-3-5-11(23-2)6-4-10)19-15(16-7-8-22)20-14(12)21/h3-6,9,22H,7-8H2,1-2H3,(H2,16,18,19,20). The van der Waals surface area contributed by atoms with Crippen LogP contribution in [0.15, 0.2) is 30.6 Å². The SMILES string of the molecule is COc1ccc(Nc2nc(NCCO)nc3c2ncn3C)cc1. The van der Waals surface area contributed by atoms with E-state index in [0.29, 0.717) is 29.5 Å². The third-order valence-corrected chi connectivity index (χ3v) is 3.31. The van der Waals surface area contributed by atoms with Crippen LogP contribution < -0.4 is 15.4 Å². The second kappa shape index (κ2) is 6.49. The van der Waals surface area contributed by atoms with E-state index >= 15 is 0 Å². The monoisotopic (exact) mass is 314 g/mol. The molecule has 0 bridgehead atoms. The Morgan fingerprint density at radius 1 is 1.22 bits per heavy atom. The molecule has 0 aliphatic carbocycles. The summed E-state index contributed by atoms with van der Waals surface area (Å²) in [6, 6.07) is 7.53. The van der Waals surface area contributed by atoms with Crippen molar-refractivity contribution in [1.29, 1.82) is 0 Å².